The number of anilines is 1. The first kappa shape index (κ1) is 19.3. The van der Waals surface area contributed by atoms with Crippen molar-refractivity contribution in [3.05, 3.63) is 82.6 Å². The molecule has 0 aliphatic carbocycles. The minimum absolute atomic E-state index is 0.126. The van der Waals surface area contributed by atoms with Crippen LogP contribution in [0.2, 0.25) is 0 Å². The number of rotatable bonds is 5. The fraction of sp³-hybridized carbons (Fsp3) is 0.227. The Morgan fingerprint density at radius 2 is 1.90 bits per heavy atom. The van der Waals surface area contributed by atoms with E-state index in [1.54, 1.807) is 35.4 Å². The molecule has 3 aromatic rings. The van der Waals surface area contributed by atoms with Crippen LogP contribution in [0.3, 0.4) is 0 Å². The molecule has 29 heavy (non-hydrogen) atoms. The number of hydrogen-bond donors (Lipinski definition) is 1. The number of thiazole rings is 1. The molecule has 0 unspecified atom stereocenters. The van der Waals surface area contributed by atoms with E-state index in [0.717, 1.165) is 16.9 Å². The van der Waals surface area contributed by atoms with Crippen LogP contribution in [0.1, 0.15) is 33.6 Å². The van der Waals surface area contributed by atoms with E-state index in [0.29, 0.717) is 30.1 Å². The number of carbonyl (C=O) groups excluding carboxylic acids is 2. The molecule has 1 fully saturated rings. The summed E-state index contributed by atoms with van der Waals surface area (Å²) in [6, 6.07) is 14.8. The Balaban J connectivity index is 1.40. The summed E-state index contributed by atoms with van der Waals surface area (Å²) in [6.07, 6.45) is 3.77. The van der Waals surface area contributed by atoms with Gasteiger partial charge in [0.15, 0.2) is 5.13 Å². The van der Waals surface area contributed by atoms with Crippen LogP contribution >= 0.6 is 11.3 Å². The van der Waals surface area contributed by atoms with Crippen molar-refractivity contribution in [3.8, 4) is 0 Å². The zero-order chi connectivity index (χ0) is 20.2. The first-order valence-electron chi connectivity index (χ1n) is 9.46. The number of nitrogens with one attached hydrogen (secondary N) is 1. The molecule has 1 aromatic heterocycles. The molecule has 0 saturated carbocycles. The molecule has 1 N–H and O–H groups in total. The molecule has 1 aliphatic rings. The van der Waals surface area contributed by atoms with Crippen molar-refractivity contribution in [1.29, 1.82) is 0 Å². The maximum atomic E-state index is 13.0. The fourth-order valence-corrected chi connectivity index (χ4v) is 4.32. The third-order valence-electron chi connectivity index (χ3n) is 4.91. The molecule has 2 amide bonds. The summed E-state index contributed by atoms with van der Waals surface area (Å²) in [5.74, 6) is -0.606. The highest BCUT2D eigenvalue weighted by Crippen LogP contribution is 2.25. The van der Waals surface area contributed by atoms with Gasteiger partial charge in [0.25, 0.3) is 5.91 Å². The van der Waals surface area contributed by atoms with Crippen molar-refractivity contribution in [2.24, 2.45) is 0 Å². The van der Waals surface area contributed by atoms with Crippen LogP contribution in [-0.4, -0.2) is 34.3 Å². The van der Waals surface area contributed by atoms with Crippen molar-refractivity contribution in [1.82, 2.24) is 9.88 Å². The standard InChI is InChI=1S/C22H20FN3O2S/c23-17-10-8-15(9-11-17)13-18-14-24-22(29-18)25-20(27)19-7-4-12-26(19)21(28)16-5-2-1-3-6-16/h1-3,5-6,8-11,14,19H,4,7,12-13H2,(H,24,25,27)/t19-/m0/s1. The molecule has 0 spiro atoms. The topological polar surface area (TPSA) is 62.3 Å². The van der Waals surface area contributed by atoms with Crippen molar-refractivity contribution in [3.63, 3.8) is 0 Å². The van der Waals surface area contributed by atoms with E-state index < -0.39 is 6.04 Å². The van der Waals surface area contributed by atoms with E-state index in [-0.39, 0.29) is 17.6 Å². The smallest absolute Gasteiger partial charge is 0.254 e. The molecule has 2 heterocycles. The van der Waals surface area contributed by atoms with Gasteiger partial charge in [-0.05, 0) is 42.7 Å². The minimum Gasteiger partial charge on any atom is -0.327 e. The van der Waals surface area contributed by atoms with Gasteiger partial charge in [-0.1, -0.05) is 30.3 Å². The maximum Gasteiger partial charge on any atom is 0.254 e. The number of carbonyl (C=O) groups is 2. The van der Waals surface area contributed by atoms with Crippen molar-refractivity contribution >= 4 is 28.3 Å². The zero-order valence-electron chi connectivity index (χ0n) is 15.7. The highest BCUT2D eigenvalue weighted by molar-refractivity contribution is 7.15. The van der Waals surface area contributed by atoms with Crippen LogP contribution in [0.5, 0.6) is 0 Å². The van der Waals surface area contributed by atoms with Gasteiger partial charge in [-0.15, -0.1) is 11.3 Å². The molecule has 1 atom stereocenters. The van der Waals surface area contributed by atoms with Gasteiger partial charge in [-0.3, -0.25) is 9.59 Å². The minimum atomic E-state index is -0.493. The molecule has 4 rings (SSSR count). The fourth-order valence-electron chi connectivity index (χ4n) is 3.47. The second-order valence-electron chi connectivity index (χ2n) is 6.95. The molecule has 0 radical (unpaired) electrons. The molecule has 7 heteroatoms. The van der Waals surface area contributed by atoms with E-state index in [1.807, 2.05) is 18.2 Å². The van der Waals surface area contributed by atoms with Crippen LogP contribution in [0, 0.1) is 5.82 Å². The number of hydrogen-bond acceptors (Lipinski definition) is 4. The van der Waals surface area contributed by atoms with E-state index in [9.17, 15) is 14.0 Å². The number of likely N-dealkylation sites (tertiary alicyclic amines) is 1. The number of benzene rings is 2. The van der Waals surface area contributed by atoms with Gasteiger partial charge in [0, 0.05) is 29.6 Å². The van der Waals surface area contributed by atoms with E-state index in [4.69, 9.17) is 0 Å². The average Bonchev–Trinajstić information content (AvgIpc) is 3.39. The van der Waals surface area contributed by atoms with Gasteiger partial charge in [-0.25, -0.2) is 9.37 Å². The predicted molar refractivity (Wildman–Crippen MR) is 110 cm³/mol. The van der Waals surface area contributed by atoms with Gasteiger partial charge in [0.1, 0.15) is 11.9 Å². The summed E-state index contributed by atoms with van der Waals surface area (Å²) >= 11 is 1.38. The summed E-state index contributed by atoms with van der Waals surface area (Å²) in [7, 11) is 0. The van der Waals surface area contributed by atoms with Gasteiger partial charge in [-0.2, -0.15) is 0 Å². The van der Waals surface area contributed by atoms with E-state index >= 15 is 0 Å². The monoisotopic (exact) mass is 409 g/mol. The summed E-state index contributed by atoms with van der Waals surface area (Å²) in [4.78, 5) is 32.4. The lowest BCUT2D eigenvalue weighted by molar-refractivity contribution is -0.119. The predicted octanol–water partition coefficient (Wildman–Crippen LogP) is 4.12. The summed E-state index contributed by atoms with van der Waals surface area (Å²) in [5.41, 5.74) is 1.56. The summed E-state index contributed by atoms with van der Waals surface area (Å²) in [5, 5.41) is 3.36. The van der Waals surface area contributed by atoms with Crippen LogP contribution in [0.4, 0.5) is 9.52 Å². The highest BCUT2D eigenvalue weighted by Gasteiger charge is 2.34. The molecule has 5 nitrogen and oxygen atoms in total. The Kier molecular flexibility index (Phi) is 5.67. The average molecular weight is 409 g/mol. The van der Waals surface area contributed by atoms with Crippen LogP contribution in [-0.2, 0) is 11.2 Å². The molecule has 2 aromatic carbocycles. The quantitative estimate of drug-likeness (QED) is 0.690. The molecular weight excluding hydrogens is 389 g/mol. The third-order valence-corrected chi connectivity index (χ3v) is 5.83. The van der Waals surface area contributed by atoms with Gasteiger partial charge in [0.2, 0.25) is 5.91 Å². The Bertz CT molecular complexity index is 1000. The second-order valence-corrected chi connectivity index (χ2v) is 8.06. The van der Waals surface area contributed by atoms with Crippen LogP contribution < -0.4 is 5.32 Å². The molecule has 1 saturated heterocycles. The Hall–Kier alpha value is -3.06. The number of amides is 2. The van der Waals surface area contributed by atoms with Crippen molar-refractivity contribution in [2.75, 3.05) is 11.9 Å². The van der Waals surface area contributed by atoms with Gasteiger partial charge < -0.3 is 10.2 Å². The van der Waals surface area contributed by atoms with Crippen LogP contribution in [0.15, 0.2) is 60.8 Å². The first-order valence-corrected chi connectivity index (χ1v) is 10.3. The summed E-state index contributed by atoms with van der Waals surface area (Å²) in [6.45, 7) is 0.569. The molecule has 1 aliphatic heterocycles. The zero-order valence-corrected chi connectivity index (χ0v) is 16.5. The number of aromatic nitrogens is 1. The largest absolute Gasteiger partial charge is 0.327 e. The van der Waals surface area contributed by atoms with Crippen molar-refractivity contribution in [2.45, 2.75) is 25.3 Å². The SMILES string of the molecule is O=C(Nc1ncc(Cc2ccc(F)cc2)s1)[C@@H]1CCCN1C(=O)c1ccccc1. The molecule has 0 bridgehead atoms. The molecular formula is C22H20FN3O2S. The maximum absolute atomic E-state index is 13.0. The Labute approximate surface area is 172 Å². The van der Waals surface area contributed by atoms with E-state index in [2.05, 4.69) is 10.3 Å². The normalized spacial score (nSPS) is 16.0. The Morgan fingerprint density at radius 3 is 2.66 bits per heavy atom. The van der Waals surface area contributed by atoms with Gasteiger partial charge in [0.05, 0.1) is 0 Å². The lowest BCUT2D eigenvalue weighted by atomic mass is 10.1. The second kappa shape index (κ2) is 8.53. The number of halogens is 1. The number of nitrogens with zero attached hydrogens (tertiary/aromatic N) is 2. The highest BCUT2D eigenvalue weighted by atomic mass is 32.1. The van der Waals surface area contributed by atoms with E-state index in [1.165, 1.54) is 23.5 Å². The molecule has 148 valence electrons. The Morgan fingerprint density at radius 1 is 1.14 bits per heavy atom. The van der Waals surface area contributed by atoms with Gasteiger partial charge >= 0.3 is 0 Å². The lowest BCUT2D eigenvalue weighted by Crippen LogP contribution is -2.43. The summed E-state index contributed by atoms with van der Waals surface area (Å²) < 4.78 is 13.0. The first-order chi connectivity index (χ1) is 14.1. The van der Waals surface area contributed by atoms with Crippen molar-refractivity contribution < 1.29 is 14.0 Å². The third kappa shape index (κ3) is 4.51. The van der Waals surface area contributed by atoms with Crippen LogP contribution in [0.25, 0.3) is 0 Å². The lowest BCUT2D eigenvalue weighted by Gasteiger charge is -2.23.